The largest absolute Gasteiger partial charge is 0.280 e. The van der Waals surface area contributed by atoms with E-state index in [1.165, 1.54) is 29.2 Å². The van der Waals surface area contributed by atoms with Gasteiger partial charge in [0.05, 0.1) is 22.2 Å². The van der Waals surface area contributed by atoms with E-state index in [1.807, 2.05) is 6.07 Å². The lowest BCUT2D eigenvalue weighted by atomic mass is 10.2. The first-order valence-corrected chi connectivity index (χ1v) is 7.93. The van der Waals surface area contributed by atoms with Gasteiger partial charge in [0.2, 0.25) is 0 Å². The van der Waals surface area contributed by atoms with Gasteiger partial charge in [-0.25, -0.2) is 13.1 Å². The van der Waals surface area contributed by atoms with Crippen molar-refractivity contribution in [2.45, 2.75) is 4.90 Å². The van der Waals surface area contributed by atoms with Crippen LogP contribution < -0.4 is 4.72 Å². The monoisotopic (exact) mass is 326 g/mol. The summed E-state index contributed by atoms with van der Waals surface area (Å²) in [5.41, 5.74) is 1.37. The lowest BCUT2D eigenvalue weighted by Crippen LogP contribution is -2.13. The molecule has 0 radical (unpaired) electrons. The quantitative estimate of drug-likeness (QED) is 0.774. The Morgan fingerprint density at radius 2 is 1.91 bits per heavy atom. The van der Waals surface area contributed by atoms with Gasteiger partial charge in [-0.2, -0.15) is 5.26 Å². The molecule has 9 heteroatoms. The summed E-state index contributed by atoms with van der Waals surface area (Å²) in [6.07, 6.45) is 1.44. The molecule has 1 N–H and O–H groups in total. The lowest BCUT2D eigenvalue weighted by Gasteiger charge is -2.09. The Bertz CT molecular complexity index is 959. The Kier molecular flexibility index (Phi) is 3.74. The first kappa shape index (κ1) is 14.7. The first-order valence-electron chi connectivity index (χ1n) is 6.45. The van der Waals surface area contributed by atoms with Crippen LogP contribution in [0, 0.1) is 11.3 Å². The molecule has 0 saturated heterocycles. The average Bonchev–Trinajstić information content (AvgIpc) is 3.10. The third-order valence-electron chi connectivity index (χ3n) is 3.01. The fraction of sp³-hybridized carbons (Fsp3) is 0. The van der Waals surface area contributed by atoms with E-state index in [4.69, 9.17) is 5.26 Å². The number of aromatic nitrogens is 4. The maximum atomic E-state index is 12.3. The summed E-state index contributed by atoms with van der Waals surface area (Å²) in [6.45, 7) is 0. The molecule has 0 amide bonds. The van der Waals surface area contributed by atoms with Crippen LogP contribution in [0.1, 0.15) is 5.56 Å². The zero-order valence-corrected chi connectivity index (χ0v) is 12.5. The van der Waals surface area contributed by atoms with Crippen LogP contribution in [0.4, 0.5) is 5.69 Å². The summed E-state index contributed by atoms with van der Waals surface area (Å²) >= 11 is 0. The number of sulfonamides is 1. The number of rotatable bonds is 4. The van der Waals surface area contributed by atoms with Crippen LogP contribution in [-0.2, 0) is 10.0 Å². The molecule has 114 valence electrons. The smallest absolute Gasteiger partial charge is 0.261 e. The fourth-order valence-electron chi connectivity index (χ4n) is 1.91. The molecule has 0 aliphatic carbocycles. The summed E-state index contributed by atoms with van der Waals surface area (Å²) < 4.78 is 28.6. The number of nitriles is 1. The van der Waals surface area contributed by atoms with Crippen LogP contribution in [0.5, 0.6) is 0 Å². The SMILES string of the molecule is N#Cc1cccc(S(=O)(=O)Nc2ccc(-n3cnnn3)cc2)c1. The van der Waals surface area contributed by atoms with Gasteiger partial charge in [-0.1, -0.05) is 6.07 Å². The molecule has 0 aliphatic rings. The highest BCUT2D eigenvalue weighted by Crippen LogP contribution is 2.18. The molecule has 3 rings (SSSR count). The maximum absolute atomic E-state index is 12.3. The molecule has 0 spiro atoms. The second kappa shape index (κ2) is 5.86. The predicted octanol–water partition coefficient (Wildman–Crippen LogP) is 1.33. The number of benzene rings is 2. The van der Waals surface area contributed by atoms with E-state index < -0.39 is 10.0 Å². The van der Waals surface area contributed by atoms with Crippen LogP contribution in [0.2, 0.25) is 0 Å². The van der Waals surface area contributed by atoms with Crippen molar-refractivity contribution >= 4 is 15.7 Å². The molecule has 0 aliphatic heterocycles. The van der Waals surface area contributed by atoms with Gasteiger partial charge in [-0.15, -0.1) is 5.10 Å². The highest BCUT2D eigenvalue weighted by molar-refractivity contribution is 7.92. The highest BCUT2D eigenvalue weighted by Gasteiger charge is 2.14. The number of nitrogens with zero attached hydrogens (tertiary/aromatic N) is 5. The van der Waals surface area contributed by atoms with Crippen LogP contribution in [0.3, 0.4) is 0 Å². The Hall–Kier alpha value is -3.25. The number of hydrogen-bond acceptors (Lipinski definition) is 6. The molecule has 1 aromatic heterocycles. The molecule has 0 atom stereocenters. The van der Waals surface area contributed by atoms with E-state index in [9.17, 15) is 8.42 Å². The Morgan fingerprint density at radius 1 is 1.13 bits per heavy atom. The summed E-state index contributed by atoms with van der Waals surface area (Å²) in [7, 11) is -3.76. The van der Waals surface area contributed by atoms with E-state index in [0.717, 1.165) is 0 Å². The minimum atomic E-state index is -3.76. The van der Waals surface area contributed by atoms with Gasteiger partial charge in [0, 0.05) is 5.69 Å². The summed E-state index contributed by atoms with van der Waals surface area (Å²) in [5.74, 6) is 0. The number of tetrazole rings is 1. The molecule has 1 heterocycles. The second-order valence-corrected chi connectivity index (χ2v) is 6.23. The summed E-state index contributed by atoms with van der Waals surface area (Å²) in [5, 5.41) is 19.7. The highest BCUT2D eigenvalue weighted by atomic mass is 32.2. The van der Waals surface area contributed by atoms with Crippen molar-refractivity contribution in [2.75, 3.05) is 4.72 Å². The van der Waals surface area contributed by atoms with Gasteiger partial charge < -0.3 is 0 Å². The van der Waals surface area contributed by atoms with Crippen LogP contribution >= 0.6 is 0 Å². The van der Waals surface area contributed by atoms with E-state index >= 15 is 0 Å². The molecule has 0 saturated carbocycles. The minimum Gasteiger partial charge on any atom is -0.280 e. The van der Waals surface area contributed by atoms with Gasteiger partial charge in [0.15, 0.2) is 0 Å². The Balaban J connectivity index is 1.84. The Morgan fingerprint density at radius 3 is 2.57 bits per heavy atom. The normalized spacial score (nSPS) is 10.9. The Labute approximate surface area is 132 Å². The lowest BCUT2D eigenvalue weighted by molar-refractivity contribution is 0.601. The van der Waals surface area contributed by atoms with Crippen molar-refractivity contribution in [3.05, 3.63) is 60.4 Å². The first-order chi connectivity index (χ1) is 11.1. The van der Waals surface area contributed by atoms with Crippen molar-refractivity contribution in [2.24, 2.45) is 0 Å². The van der Waals surface area contributed by atoms with Crippen molar-refractivity contribution in [1.82, 2.24) is 20.2 Å². The molecule has 0 bridgehead atoms. The fourth-order valence-corrected chi connectivity index (χ4v) is 3.01. The molecule has 3 aromatic rings. The summed E-state index contributed by atoms with van der Waals surface area (Å²) in [4.78, 5) is 0.0288. The molecule has 0 fully saturated rings. The topological polar surface area (TPSA) is 114 Å². The van der Waals surface area contributed by atoms with Crippen LogP contribution in [0.15, 0.2) is 59.8 Å². The van der Waals surface area contributed by atoms with Gasteiger partial charge in [0.25, 0.3) is 10.0 Å². The summed E-state index contributed by atoms with van der Waals surface area (Å²) in [6, 6.07) is 14.3. The van der Waals surface area contributed by atoms with Crippen LogP contribution in [-0.4, -0.2) is 28.6 Å². The van der Waals surface area contributed by atoms with Gasteiger partial charge in [0.1, 0.15) is 6.33 Å². The van der Waals surface area contributed by atoms with E-state index in [0.29, 0.717) is 11.4 Å². The zero-order valence-electron chi connectivity index (χ0n) is 11.7. The molecule has 0 unspecified atom stereocenters. The van der Waals surface area contributed by atoms with Crippen molar-refractivity contribution in [1.29, 1.82) is 5.26 Å². The molecule has 23 heavy (non-hydrogen) atoms. The standard InChI is InChI=1S/C14H10N6O2S/c15-9-11-2-1-3-14(8-11)23(21,22)17-12-4-6-13(7-5-12)20-10-16-18-19-20/h1-8,10,17H. The predicted molar refractivity (Wildman–Crippen MR) is 81.1 cm³/mol. The van der Waals surface area contributed by atoms with Crippen molar-refractivity contribution < 1.29 is 8.42 Å². The van der Waals surface area contributed by atoms with Crippen molar-refractivity contribution in [3.63, 3.8) is 0 Å². The third kappa shape index (κ3) is 3.17. The van der Waals surface area contributed by atoms with Gasteiger partial charge in [-0.05, 0) is 52.9 Å². The molecular formula is C14H10N6O2S. The van der Waals surface area contributed by atoms with Gasteiger partial charge in [-0.3, -0.25) is 4.72 Å². The van der Waals surface area contributed by atoms with Crippen LogP contribution in [0.25, 0.3) is 5.69 Å². The average molecular weight is 326 g/mol. The second-order valence-electron chi connectivity index (χ2n) is 4.55. The van der Waals surface area contributed by atoms with E-state index in [2.05, 4.69) is 20.2 Å². The number of anilines is 1. The maximum Gasteiger partial charge on any atom is 0.261 e. The minimum absolute atomic E-state index is 0.0288. The van der Waals surface area contributed by atoms with Gasteiger partial charge >= 0.3 is 0 Å². The zero-order chi connectivity index (χ0) is 16.3. The van der Waals surface area contributed by atoms with E-state index in [-0.39, 0.29) is 10.5 Å². The third-order valence-corrected chi connectivity index (χ3v) is 4.39. The number of hydrogen-bond donors (Lipinski definition) is 1. The molecule has 8 nitrogen and oxygen atoms in total. The van der Waals surface area contributed by atoms with Crippen molar-refractivity contribution in [3.8, 4) is 11.8 Å². The molecule has 2 aromatic carbocycles. The molecular weight excluding hydrogens is 316 g/mol. The van der Waals surface area contributed by atoms with E-state index in [1.54, 1.807) is 30.3 Å². The number of nitrogens with one attached hydrogen (secondary N) is 1.